The van der Waals surface area contributed by atoms with Gasteiger partial charge in [-0.05, 0) is 18.4 Å². The Kier molecular flexibility index (Phi) is 2.56. The van der Waals surface area contributed by atoms with Crippen LogP contribution in [0.1, 0.15) is 13.3 Å². The van der Waals surface area contributed by atoms with Crippen LogP contribution in [0.2, 0.25) is 0 Å². The predicted molar refractivity (Wildman–Crippen MR) is 71.7 cm³/mol. The maximum absolute atomic E-state index is 8.84. The van der Waals surface area contributed by atoms with Gasteiger partial charge in [0.25, 0.3) is 0 Å². The summed E-state index contributed by atoms with van der Waals surface area (Å²) in [6.45, 7) is 2.04. The minimum atomic E-state index is -0.0895. The monoisotopic (exact) mass is 238 g/mol. The van der Waals surface area contributed by atoms with Gasteiger partial charge >= 0.3 is 0 Å². The van der Waals surface area contributed by atoms with E-state index in [9.17, 15) is 0 Å². The van der Waals surface area contributed by atoms with E-state index < -0.39 is 0 Å². The maximum atomic E-state index is 8.84. The Morgan fingerprint density at radius 2 is 2.11 bits per heavy atom. The second-order valence-electron chi connectivity index (χ2n) is 4.61. The van der Waals surface area contributed by atoms with Crippen LogP contribution in [0, 0.1) is 11.3 Å². The summed E-state index contributed by atoms with van der Waals surface area (Å²) in [5.74, 6) is 0.867. The van der Waals surface area contributed by atoms with E-state index in [1.54, 1.807) is 0 Å². The smallest absolute Gasteiger partial charge is 0.150 e. The first-order valence-corrected chi connectivity index (χ1v) is 6.11. The topological polar surface area (TPSA) is 45.0 Å². The molecule has 3 heteroatoms. The molecule has 1 aliphatic heterocycles. The number of rotatable bonds is 1. The van der Waals surface area contributed by atoms with Crippen molar-refractivity contribution in [3.05, 3.63) is 36.4 Å². The molecule has 0 amide bonds. The second-order valence-corrected chi connectivity index (χ2v) is 4.61. The highest BCUT2D eigenvalue weighted by molar-refractivity contribution is 5.93. The Labute approximate surface area is 106 Å². The molecule has 18 heavy (non-hydrogen) atoms. The van der Waals surface area contributed by atoms with E-state index in [1.807, 2.05) is 25.1 Å². The van der Waals surface area contributed by atoms with E-state index in [0.717, 1.165) is 22.2 Å². The van der Waals surface area contributed by atoms with Gasteiger partial charge in [-0.1, -0.05) is 30.3 Å². The fourth-order valence-electron chi connectivity index (χ4n) is 2.38. The SMILES string of the molecule is CC1Nc2ccc3ccccc3c2OC1CC#N. The largest absolute Gasteiger partial charge is 0.484 e. The van der Waals surface area contributed by atoms with Crippen molar-refractivity contribution in [1.82, 2.24) is 0 Å². The molecule has 2 aromatic carbocycles. The van der Waals surface area contributed by atoms with Crippen LogP contribution in [0.5, 0.6) is 5.75 Å². The Hall–Kier alpha value is -2.21. The van der Waals surface area contributed by atoms with Crippen molar-refractivity contribution in [2.45, 2.75) is 25.5 Å². The van der Waals surface area contributed by atoms with Gasteiger partial charge in [0.1, 0.15) is 6.10 Å². The number of fused-ring (bicyclic) bond motifs is 3. The molecule has 0 saturated carbocycles. The Morgan fingerprint density at radius 3 is 2.94 bits per heavy atom. The van der Waals surface area contributed by atoms with E-state index in [1.165, 1.54) is 0 Å². The van der Waals surface area contributed by atoms with E-state index in [-0.39, 0.29) is 12.1 Å². The summed E-state index contributed by atoms with van der Waals surface area (Å²) in [7, 11) is 0. The molecule has 3 nitrogen and oxygen atoms in total. The Balaban J connectivity index is 2.11. The fourth-order valence-corrected chi connectivity index (χ4v) is 2.38. The summed E-state index contributed by atoms with van der Waals surface area (Å²) < 4.78 is 6.01. The predicted octanol–water partition coefficient (Wildman–Crippen LogP) is 3.31. The molecule has 0 fully saturated rings. The summed E-state index contributed by atoms with van der Waals surface area (Å²) in [5.41, 5.74) is 1.01. The van der Waals surface area contributed by atoms with Crippen LogP contribution in [0.25, 0.3) is 10.8 Å². The number of ether oxygens (including phenoxy) is 1. The maximum Gasteiger partial charge on any atom is 0.150 e. The fraction of sp³-hybridized carbons (Fsp3) is 0.267. The minimum Gasteiger partial charge on any atom is -0.484 e. The molecule has 1 N–H and O–H groups in total. The number of benzene rings is 2. The standard InChI is InChI=1S/C15H14N2O/c1-10-14(8-9-16)18-15-12-5-3-2-4-11(12)6-7-13(15)17-10/h2-7,10,14,17H,8H2,1H3. The van der Waals surface area contributed by atoms with E-state index in [0.29, 0.717) is 6.42 Å². The van der Waals surface area contributed by atoms with E-state index in [4.69, 9.17) is 10.00 Å². The molecular weight excluding hydrogens is 224 g/mol. The molecule has 3 rings (SSSR count). The van der Waals surface area contributed by atoms with Crippen molar-refractivity contribution < 1.29 is 4.74 Å². The van der Waals surface area contributed by atoms with Crippen molar-refractivity contribution in [2.75, 3.05) is 5.32 Å². The molecule has 2 aromatic rings. The highest BCUT2D eigenvalue weighted by Gasteiger charge is 2.27. The highest BCUT2D eigenvalue weighted by atomic mass is 16.5. The highest BCUT2D eigenvalue weighted by Crippen LogP contribution is 2.38. The number of nitriles is 1. The second kappa shape index (κ2) is 4.23. The molecule has 90 valence electrons. The first-order chi connectivity index (χ1) is 8.79. The molecule has 1 heterocycles. The van der Waals surface area contributed by atoms with Crippen molar-refractivity contribution in [1.29, 1.82) is 5.26 Å². The van der Waals surface area contributed by atoms with Gasteiger partial charge in [-0.25, -0.2) is 0 Å². The Bertz CT molecular complexity index is 630. The number of hydrogen-bond acceptors (Lipinski definition) is 3. The van der Waals surface area contributed by atoms with Crippen LogP contribution in [0.15, 0.2) is 36.4 Å². The third-order valence-electron chi connectivity index (χ3n) is 3.38. The van der Waals surface area contributed by atoms with Crippen LogP contribution >= 0.6 is 0 Å². The molecular formula is C15H14N2O. The van der Waals surface area contributed by atoms with Crippen LogP contribution < -0.4 is 10.1 Å². The van der Waals surface area contributed by atoms with Gasteiger partial charge in [0.2, 0.25) is 0 Å². The summed E-state index contributed by atoms with van der Waals surface area (Å²) in [6.07, 6.45) is 0.310. The number of anilines is 1. The number of nitrogens with zero attached hydrogens (tertiary/aromatic N) is 1. The molecule has 0 saturated heterocycles. The van der Waals surface area contributed by atoms with Crippen molar-refractivity contribution in [3.63, 3.8) is 0 Å². The van der Waals surface area contributed by atoms with Crippen molar-refractivity contribution in [2.24, 2.45) is 0 Å². The molecule has 1 aliphatic rings. The van der Waals surface area contributed by atoms with Crippen molar-refractivity contribution in [3.8, 4) is 11.8 Å². The van der Waals surface area contributed by atoms with Gasteiger partial charge in [-0.15, -0.1) is 0 Å². The van der Waals surface area contributed by atoms with Gasteiger partial charge < -0.3 is 10.1 Å². The average Bonchev–Trinajstić information content (AvgIpc) is 2.40. The van der Waals surface area contributed by atoms with Crippen LogP contribution in [-0.4, -0.2) is 12.1 Å². The molecule has 2 atom stereocenters. The summed E-state index contributed by atoms with van der Waals surface area (Å²) >= 11 is 0. The third kappa shape index (κ3) is 1.67. The van der Waals surface area contributed by atoms with Crippen molar-refractivity contribution >= 4 is 16.5 Å². The molecule has 0 radical (unpaired) electrons. The first kappa shape index (κ1) is 10.9. The molecule has 0 aliphatic carbocycles. The minimum absolute atomic E-state index is 0.0895. The summed E-state index contributed by atoms with van der Waals surface area (Å²) in [5, 5.41) is 14.5. The zero-order chi connectivity index (χ0) is 12.5. The zero-order valence-electron chi connectivity index (χ0n) is 10.2. The summed E-state index contributed by atoms with van der Waals surface area (Å²) in [6, 6.07) is 14.6. The first-order valence-electron chi connectivity index (χ1n) is 6.11. The van der Waals surface area contributed by atoms with E-state index >= 15 is 0 Å². The lowest BCUT2D eigenvalue weighted by Crippen LogP contribution is -2.39. The van der Waals surface area contributed by atoms with Gasteiger partial charge in [-0.2, -0.15) is 5.26 Å². The summed E-state index contributed by atoms with van der Waals surface area (Å²) in [4.78, 5) is 0. The quantitative estimate of drug-likeness (QED) is 0.829. The van der Waals surface area contributed by atoms with Gasteiger partial charge in [0.05, 0.1) is 24.2 Å². The van der Waals surface area contributed by atoms with E-state index in [2.05, 4.69) is 29.6 Å². The van der Waals surface area contributed by atoms with Gasteiger partial charge in [0, 0.05) is 5.39 Å². The zero-order valence-corrected chi connectivity index (χ0v) is 10.2. The van der Waals surface area contributed by atoms with Crippen LogP contribution in [-0.2, 0) is 0 Å². The number of hydrogen-bond donors (Lipinski definition) is 1. The molecule has 2 unspecified atom stereocenters. The van der Waals surface area contributed by atoms with Gasteiger partial charge in [-0.3, -0.25) is 0 Å². The lowest BCUT2D eigenvalue weighted by molar-refractivity contribution is 0.182. The Morgan fingerprint density at radius 1 is 1.28 bits per heavy atom. The van der Waals surface area contributed by atoms with Crippen LogP contribution in [0.4, 0.5) is 5.69 Å². The average molecular weight is 238 g/mol. The van der Waals surface area contributed by atoms with Gasteiger partial charge in [0.15, 0.2) is 5.75 Å². The molecule has 0 bridgehead atoms. The normalized spacial score (nSPS) is 21.6. The number of nitrogens with one attached hydrogen (secondary N) is 1. The molecule has 0 aromatic heterocycles. The molecule has 0 spiro atoms. The lowest BCUT2D eigenvalue weighted by atomic mass is 10.0. The van der Waals surface area contributed by atoms with Crippen LogP contribution in [0.3, 0.4) is 0 Å². The lowest BCUT2D eigenvalue weighted by Gasteiger charge is -2.32. The third-order valence-corrected chi connectivity index (χ3v) is 3.38.